The second-order valence-corrected chi connectivity index (χ2v) is 4.94. The van der Waals surface area contributed by atoms with Crippen LogP contribution in [0.2, 0.25) is 10.0 Å². The Labute approximate surface area is 127 Å². The molecule has 4 nitrogen and oxygen atoms in total. The molecule has 9 heteroatoms. The maximum Gasteiger partial charge on any atom is 0.471 e. The molecule has 0 spiro atoms. The highest BCUT2D eigenvalue weighted by Gasteiger charge is 2.39. The van der Waals surface area contributed by atoms with Gasteiger partial charge in [0.2, 0.25) is 0 Å². The zero-order chi connectivity index (χ0) is 16.2. The van der Waals surface area contributed by atoms with Gasteiger partial charge in [-0.15, -0.1) is 0 Å². The van der Waals surface area contributed by atoms with Gasteiger partial charge < -0.3 is 10.4 Å². The first kappa shape index (κ1) is 17.6. The van der Waals surface area contributed by atoms with E-state index in [1.165, 1.54) is 18.2 Å². The van der Waals surface area contributed by atoms with Gasteiger partial charge in [-0.2, -0.15) is 13.2 Å². The summed E-state index contributed by atoms with van der Waals surface area (Å²) < 4.78 is 36.9. The van der Waals surface area contributed by atoms with E-state index in [-0.39, 0.29) is 22.0 Å². The summed E-state index contributed by atoms with van der Waals surface area (Å²) in [6.07, 6.45) is -5.68. The Morgan fingerprint density at radius 1 is 1.24 bits per heavy atom. The molecule has 0 aliphatic carbocycles. The van der Waals surface area contributed by atoms with E-state index in [9.17, 15) is 22.8 Å². The minimum absolute atomic E-state index is 0.0933. The summed E-state index contributed by atoms with van der Waals surface area (Å²) in [6.45, 7) is 0. The van der Waals surface area contributed by atoms with Crippen molar-refractivity contribution in [2.75, 3.05) is 0 Å². The van der Waals surface area contributed by atoms with Gasteiger partial charge in [0.05, 0.1) is 16.1 Å². The Morgan fingerprint density at radius 3 is 2.33 bits per heavy atom. The standard InChI is InChI=1S/C12H10Cl2F3NO3/c13-7-2-1-6(5-8(7)14)9(3-4-10(19)20)18-11(21)12(15,16)17/h1-2,5,9H,3-4H2,(H,18,21)(H,19,20). The molecule has 0 heterocycles. The summed E-state index contributed by atoms with van der Waals surface area (Å²) in [5, 5.41) is 10.7. The molecule has 1 aromatic carbocycles. The fourth-order valence-corrected chi connectivity index (χ4v) is 1.87. The molecular weight excluding hydrogens is 334 g/mol. The lowest BCUT2D eigenvalue weighted by molar-refractivity contribution is -0.174. The number of amides is 1. The number of carbonyl (C=O) groups excluding carboxylic acids is 1. The number of nitrogens with one attached hydrogen (secondary N) is 1. The number of benzene rings is 1. The Hall–Kier alpha value is -1.47. The van der Waals surface area contributed by atoms with Crippen molar-refractivity contribution >= 4 is 35.1 Å². The van der Waals surface area contributed by atoms with Crippen molar-refractivity contribution in [2.24, 2.45) is 0 Å². The van der Waals surface area contributed by atoms with E-state index < -0.39 is 30.5 Å². The third-order valence-electron chi connectivity index (χ3n) is 2.56. The quantitative estimate of drug-likeness (QED) is 0.858. The molecule has 1 unspecified atom stereocenters. The van der Waals surface area contributed by atoms with Crippen molar-refractivity contribution in [1.82, 2.24) is 5.32 Å². The fourth-order valence-electron chi connectivity index (χ4n) is 1.56. The zero-order valence-electron chi connectivity index (χ0n) is 10.4. The first-order chi connectivity index (χ1) is 9.61. The van der Waals surface area contributed by atoms with Crippen molar-refractivity contribution in [1.29, 1.82) is 0 Å². The van der Waals surface area contributed by atoms with Crippen LogP contribution in [0.3, 0.4) is 0 Å². The van der Waals surface area contributed by atoms with Crippen LogP contribution in [-0.4, -0.2) is 23.2 Å². The van der Waals surface area contributed by atoms with Crippen molar-refractivity contribution in [3.05, 3.63) is 33.8 Å². The van der Waals surface area contributed by atoms with Crippen molar-refractivity contribution in [3.8, 4) is 0 Å². The van der Waals surface area contributed by atoms with Crippen LogP contribution in [0.25, 0.3) is 0 Å². The molecule has 0 aromatic heterocycles. The second kappa shape index (κ2) is 7.00. The summed E-state index contributed by atoms with van der Waals surface area (Å²) in [4.78, 5) is 21.6. The van der Waals surface area contributed by atoms with Gasteiger partial charge in [0, 0.05) is 6.42 Å². The van der Waals surface area contributed by atoms with E-state index in [0.29, 0.717) is 0 Å². The Kier molecular flexibility index (Phi) is 5.86. The molecule has 116 valence electrons. The lowest BCUT2D eigenvalue weighted by Crippen LogP contribution is -2.39. The Bertz CT molecular complexity index is 549. The second-order valence-electron chi connectivity index (χ2n) is 4.13. The lowest BCUT2D eigenvalue weighted by Gasteiger charge is -2.20. The highest BCUT2D eigenvalue weighted by Crippen LogP contribution is 2.28. The number of hydrogen-bond donors (Lipinski definition) is 2. The van der Waals surface area contributed by atoms with Crippen LogP contribution in [0.5, 0.6) is 0 Å². The molecule has 1 rings (SSSR count). The van der Waals surface area contributed by atoms with Crippen molar-refractivity contribution < 1.29 is 27.9 Å². The molecule has 0 bridgehead atoms. The van der Waals surface area contributed by atoms with Gasteiger partial charge in [-0.25, -0.2) is 0 Å². The Balaban J connectivity index is 2.98. The third-order valence-corrected chi connectivity index (χ3v) is 3.29. The van der Waals surface area contributed by atoms with Gasteiger partial charge in [0.15, 0.2) is 0 Å². The van der Waals surface area contributed by atoms with E-state index in [1.54, 1.807) is 5.32 Å². The van der Waals surface area contributed by atoms with Gasteiger partial charge in [-0.1, -0.05) is 29.3 Å². The zero-order valence-corrected chi connectivity index (χ0v) is 11.9. The first-order valence-corrected chi connectivity index (χ1v) is 6.41. The van der Waals surface area contributed by atoms with Crippen LogP contribution in [0.15, 0.2) is 18.2 Å². The molecule has 1 amide bonds. The normalized spacial score (nSPS) is 12.8. The van der Waals surface area contributed by atoms with Gasteiger partial charge in [-0.05, 0) is 24.1 Å². The third kappa shape index (κ3) is 5.43. The molecule has 0 aliphatic heterocycles. The molecule has 0 fully saturated rings. The highest BCUT2D eigenvalue weighted by molar-refractivity contribution is 6.42. The highest BCUT2D eigenvalue weighted by atomic mass is 35.5. The van der Waals surface area contributed by atoms with Crippen LogP contribution in [0.4, 0.5) is 13.2 Å². The minimum atomic E-state index is -5.06. The van der Waals surface area contributed by atoms with Crippen molar-refractivity contribution in [3.63, 3.8) is 0 Å². The monoisotopic (exact) mass is 343 g/mol. The summed E-state index contributed by atoms with van der Waals surface area (Å²) in [5.41, 5.74) is 0.239. The van der Waals surface area contributed by atoms with E-state index in [1.807, 2.05) is 0 Å². The predicted molar refractivity (Wildman–Crippen MR) is 70.3 cm³/mol. The number of halogens is 5. The van der Waals surface area contributed by atoms with Crippen LogP contribution in [0, 0.1) is 0 Å². The van der Waals surface area contributed by atoms with Crippen LogP contribution >= 0.6 is 23.2 Å². The maximum atomic E-state index is 12.3. The molecule has 21 heavy (non-hydrogen) atoms. The molecule has 0 aliphatic rings. The lowest BCUT2D eigenvalue weighted by atomic mass is 10.0. The number of carbonyl (C=O) groups is 2. The van der Waals surface area contributed by atoms with E-state index >= 15 is 0 Å². The Morgan fingerprint density at radius 2 is 1.86 bits per heavy atom. The number of aliphatic carboxylic acids is 1. The van der Waals surface area contributed by atoms with E-state index in [0.717, 1.165) is 0 Å². The average Bonchev–Trinajstić information content (AvgIpc) is 2.36. The molecular formula is C12H10Cl2F3NO3. The van der Waals surface area contributed by atoms with Crippen LogP contribution in [0.1, 0.15) is 24.4 Å². The smallest absolute Gasteiger partial charge is 0.471 e. The molecule has 0 radical (unpaired) electrons. The summed E-state index contributed by atoms with van der Waals surface area (Å²) in [6, 6.07) is 2.88. The predicted octanol–water partition coefficient (Wildman–Crippen LogP) is 3.58. The number of hydrogen-bond acceptors (Lipinski definition) is 2. The van der Waals surface area contributed by atoms with Crippen molar-refractivity contribution in [2.45, 2.75) is 25.1 Å². The average molecular weight is 344 g/mol. The number of alkyl halides is 3. The summed E-state index contributed by atoms with van der Waals surface area (Å²) >= 11 is 11.5. The number of carboxylic acid groups (broad SMARTS) is 1. The molecule has 0 saturated heterocycles. The SMILES string of the molecule is O=C(O)CCC(NC(=O)C(F)(F)F)c1ccc(Cl)c(Cl)c1. The van der Waals surface area contributed by atoms with Gasteiger partial charge in [-0.3, -0.25) is 9.59 Å². The van der Waals surface area contributed by atoms with Crippen LogP contribution < -0.4 is 5.32 Å². The van der Waals surface area contributed by atoms with Gasteiger partial charge in [0.1, 0.15) is 0 Å². The van der Waals surface area contributed by atoms with E-state index in [2.05, 4.69) is 0 Å². The molecule has 1 atom stereocenters. The number of rotatable bonds is 5. The maximum absolute atomic E-state index is 12.3. The number of carboxylic acids is 1. The summed E-state index contributed by atoms with van der Waals surface area (Å²) in [5.74, 6) is -3.34. The van der Waals surface area contributed by atoms with E-state index in [4.69, 9.17) is 28.3 Å². The van der Waals surface area contributed by atoms with Crippen LogP contribution in [-0.2, 0) is 9.59 Å². The largest absolute Gasteiger partial charge is 0.481 e. The minimum Gasteiger partial charge on any atom is -0.481 e. The van der Waals surface area contributed by atoms with Gasteiger partial charge >= 0.3 is 18.1 Å². The first-order valence-electron chi connectivity index (χ1n) is 5.65. The fraction of sp³-hybridized carbons (Fsp3) is 0.333. The molecule has 0 saturated carbocycles. The van der Waals surface area contributed by atoms with Gasteiger partial charge in [0.25, 0.3) is 0 Å². The summed E-state index contributed by atoms with van der Waals surface area (Å²) in [7, 11) is 0. The molecule has 1 aromatic rings. The molecule has 2 N–H and O–H groups in total. The topological polar surface area (TPSA) is 66.4 Å².